The van der Waals surface area contributed by atoms with Gasteiger partial charge in [-0.1, -0.05) is 44.6 Å². The van der Waals surface area contributed by atoms with Gasteiger partial charge in [0.15, 0.2) is 0 Å². The molecule has 0 saturated carbocycles. The summed E-state index contributed by atoms with van der Waals surface area (Å²) in [6.45, 7) is 7.50. The number of allylic oxidation sites excluding steroid dienone is 3. The number of hydrogen-bond acceptors (Lipinski definition) is 0. The molecule has 0 aromatic heterocycles. The Kier molecular flexibility index (Phi) is 30.6. The smallest absolute Gasteiger partial charge is 0.668 e. The summed E-state index contributed by atoms with van der Waals surface area (Å²) in [5.41, 5.74) is 1.53. The predicted octanol–water partition coefficient (Wildman–Crippen LogP) is 4.98. The molecule has 1 rings (SSSR count). The van der Waals surface area contributed by atoms with Crippen molar-refractivity contribution in [2.24, 2.45) is 5.92 Å². The minimum atomic E-state index is 0. The zero-order valence-electron chi connectivity index (χ0n) is 14.6. The van der Waals surface area contributed by atoms with E-state index in [4.69, 9.17) is 0 Å². The maximum Gasteiger partial charge on any atom is 4.00 e. The van der Waals surface area contributed by atoms with E-state index < -0.39 is 0 Å². The van der Waals surface area contributed by atoms with Crippen molar-refractivity contribution in [3.63, 3.8) is 0 Å². The summed E-state index contributed by atoms with van der Waals surface area (Å²) in [7, 11) is 7.00. The van der Waals surface area contributed by atoms with Crippen LogP contribution in [0.25, 0.3) is 16.0 Å². The van der Waals surface area contributed by atoms with Gasteiger partial charge in [0.2, 0.25) is 0 Å². The van der Waals surface area contributed by atoms with Crippen LogP contribution in [0.5, 0.6) is 0 Å². The van der Waals surface area contributed by atoms with E-state index in [1.54, 1.807) is 28.2 Å². The largest absolute Gasteiger partial charge is 4.00 e. The summed E-state index contributed by atoms with van der Waals surface area (Å²) in [5.74, 6) is 0.627. The first-order valence-electron chi connectivity index (χ1n) is 6.51. The van der Waals surface area contributed by atoms with Crippen LogP contribution in [-0.4, -0.2) is 40.8 Å². The Bertz CT molecular complexity index is 224. The normalized spacial score (nSPS) is 12.9. The maximum atomic E-state index is 4.50. The van der Waals surface area contributed by atoms with Crippen molar-refractivity contribution < 1.29 is 25.8 Å². The van der Waals surface area contributed by atoms with Gasteiger partial charge in [0.1, 0.15) is 0 Å². The van der Waals surface area contributed by atoms with Crippen LogP contribution in [0, 0.1) is 13.3 Å². The Morgan fingerprint density at radius 3 is 1.80 bits per heavy atom. The van der Waals surface area contributed by atoms with Crippen LogP contribution in [0.2, 0.25) is 0 Å². The van der Waals surface area contributed by atoms with E-state index in [0.29, 0.717) is 12.0 Å². The standard InChI is InChI=1S/C11H18N.2C2H6N.CH3.Hf/c1-9(2)12-8-10(3)11-6-4-5-7-11;2*1-3-2;;/h4-6,9-10H,7-8H2,1-3H3;2*1-2H3;1H3;/q4*-1;+4. The minimum absolute atomic E-state index is 0. The van der Waals surface area contributed by atoms with Crippen molar-refractivity contribution in [3.8, 4) is 0 Å². The Balaban J connectivity index is -0.000000139. The molecule has 20 heavy (non-hydrogen) atoms. The van der Waals surface area contributed by atoms with Crippen LogP contribution < -0.4 is 0 Å². The second-order valence-electron chi connectivity index (χ2n) is 4.63. The van der Waals surface area contributed by atoms with Gasteiger partial charge in [-0.15, -0.1) is 12.6 Å². The fraction of sp³-hybridized carbons (Fsp3) is 0.688. The minimum Gasteiger partial charge on any atom is -0.668 e. The first-order valence-corrected chi connectivity index (χ1v) is 6.51. The molecular formula is C16H33HfN3. The fourth-order valence-corrected chi connectivity index (χ4v) is 1.32. The van der Waals surface area contributed by atoms with Crippen LogP contribution in [0.4, 0.5) is 0 Å². The molecule has 0 fully saturated rings. The van der Waals surface area contributed by atoms with Gasteiger partial charge in [-0.25, -0.2) is 0 Å². The van der Waals surface area contributed by atoms with E-state index in [2.05, 4.69) is 54.9 Å². The van der Waals surface area contributed by atoms with Crippen molar-refractivity contribution >= 4 is 0 Å². The monoisotopic (exact) mass is 447 g/mol. The van der Waals surface area contributed by atoms with Gasteiger partial charge in [-0.3, -0.25) is 0 Å². The van der Waals surface area contributed by atoms with Crippen LogP contribution in [-0.2, 0) is 25.8 Å². The molecule has 1 aliphatic carbocycles. The van der Waals surface area contributed by atoms with E-state index >= 15 is 0 Å². The van der Waals surface area contributed by atoms with Gasteiger partial charge < -0.3 is 23.4 Å². The van der Waals surface area contributed by atoms with Crippen molar-refractivity contribution in [2.75, 3.05) is 34.7 Å². The number of hydrogen-bond donors (Lipinski definition) is 0. The predicted molar refractivity (Wildman–Crippen MR) is 91.2 cm³/mol. The third-order valence-corrected chi connectivity index (χ3v) is 2.18. The van der Waals surface area contributed by atoms with Crippen LogP contribution in [0.1, 0.15) is 27.2 Å². The van der Waals surface area contributed by atoms with Gasteiger partial charge in [0.05, 0.1) is 0 Å². The van der Waals surface area contributed by atoms with Crippen LogP contribution in [0.15, 0.2) is 23.8 Å². The molecule has 116 valence electrons. The SMILES string of the molecule is CC(C)[N-]CC(C)C1=CC=CC1.C[N-]C.C[N-]C.[CH3-].[Hf+4]. The van der Waals surface area contributed by atoms with E-state index in [1.807, 2.05) is 0 Å². The van der Waals surface area contributed by atoms with Gasteiger partial charge in [0.25, 0.3) is 0 Å². The first-order chi connectivity index (χ1) is 8.53. The van der Waals surface area contributed by atoms with Crippen molar-refractivity contribution in [1.29, 1.82) is 0 Å². The molecule has 0 amide bonds. The van der Waals surface area contributed by atoms with Crippen molar-refractivity contribution in [1.82, 2.24) is 0 Å². The molecule has 3 nitrogen and oxygen atoms in total. The molecule has 0 bridgehead atoms. The fourth-order valence-electron chi connectivity index (χ4n) is 1.32. The molecule has 1 unspecified atom stereocenters. The van der Waals surface area contributed by atoms with E-state index in [1.165, 1.54) is 5.57 Å². The summed E-state index contributed by atoms with van der Waals surface area (Å²) in [4.78, 5) is 0. The number of nitrogens with zero attached hydrogens (tertiary/aromatic N) is 3. The molecule has 1 aliphatic rings. The molecular weight excluding hydrogens is 413 g/mol. The Morgan fingerprint density at radius 2 is 1.50 bits per heavy atom. The Hall–Kier alpha value is 0.230. The molecule has 0 spiro atoms. The quantitative estimate of drug-likeness (QED) is 0.433. The van der Waals surface area contributed by atoms with Crippen LogP contribution in [0.3, 0.4) is 0 Å². The average molecular weight is 446 g/mol. The van der Waals surface area contributed by atoms with Gasteiger partial charge in [-0.2, -0.15) is 28.2 Å². The van der Waals surface area contributed by atoms with Gasteiger partial charge >= 0.3 is 25.8 Å². The second-order valence-corrected chi connectivity index (χ2v) is 4.63. The van der Waals surface area contributed by atoms with Crippen LogP contribution >= 0.6 is 0 Å². The zero-order chi connectivity index (χ0) is 14.4. The van der Waals surface area contributed by atoms with E-state index in [-0.39, 0.29) is 33.3 Å². The molecule has 4 heteroatoms. The molecule has 0 N–H and O–H groups in total. The molecule has 0 aliphatic heterocycles. The molecule has 0 heterocycles. The summed E-state index contributed by atoms with van der Waals surface area (Å²) in [5, 5.41) is 11.5. The summed E-state index contributed by atoms with van der Waals surface area (Å²) >= 11 is 0. The van der Waals surface area contributed by atoms with Crippen molar-refractivity contribution in [3.05, 3.63) is 47.2 Å². The van der Waals surface area contributed by atoms with Gasteiger partial charge in [0, 0.05) is 0 Å². The first kappa shape index (κ1) is 28.4. The number of rotatable bonds is 4. The summed E-state index contributed by atoms with van der Waals surface area (Å²) in [6.07, 6.45) is 7.71. The Morgan fingerprint density at radius 1 is 1.05 bits per heavy atom. The van der Waals surface area contributed by atoms with E-state index in [9.17, 15) is 0 Å². The third kappa shape index (κ3) is 20.5. The maximum absolute atomic E-state index is 4.50. The molecule has 0 aromatic rings. The van der Waals surface area contributed by atoms with Crippen molar-refractivity contribution in [2.45, 2.75) is 33.2 Å². The summed E-state index contributed by atoms with van der Waals surface area (Å²) in [6, 6.07) is 0.474. The topological polar surface area (TPSA) is 42.3 Å². The zero-order valence-corrected chi connectivity index (χ0v) is 18.2. The molecule has 0 aromatic carbocycles. The molecule has 0 radical (unpaired) electrons. The van der Waals surface area contributed by atoms with Gasteiger partial charge in [-0.05, 0) is 12.3 Å². The Labute approximate surface area is 146 Å². The third-order valence-electron chi connectivity index (χ3n) is 2.18. The summed E-state index contributed by atoms with van der Waals surface area (Å²) < 4.78 is 0. The second kappa shape index (κ2) is 21.5. The molecule has 0 saturated heterocycles. The van der Waals surface area contributed by atoms with E-state index in [0.717, 1.165) is 13.0 Å². The molecule has 1 atom stereocenters. The average Bonchev–Trinajstić information content (AvgIpc) is 2.81.